The van der Waals surface area contributed by atoms with E-state index in [1.165, 1.54) is 44.1 Å². The molecule has 0 aromatic heterocycles. The first-order chi connectivity index (χ1) is 8.84. The Morgan fingerprint density at radius 3 is 2.50 bits per heavy atom. The highest BCUT2D eigenvalue weighted by Gasteiger charge is 1.93. The summed E-state index contributed by atoms with van der Waals surface area (Å²) in [5.41, 5.74) is 1.18. The van der Waals surface area contributed by atoms with Crippen molar-refractivity contribution in [3.05, 3.63) is 42.2 Å². The van der Waals surface area contributed by atoms with Crippen LogP contribution in [0, 0.1) is 6.92 Å². The maximum Gasteiger partial charge on any atom is 0.129 e. The lowest BCUT2D eigenvalue weighted by atomic mass is 10.1. The minimum atomic E-state index is 0.955. The molecule has 0 saturated carbocycles. The van der Waals surface area contributed by atoms with Gasteiger partial charge in [-0.1, -0.05) is 57.2 Å². The summed E-state index contributed by atoms with van der Waals surface area (Å²) in [6.07, 6.45) is 13.2. The molecule has 18 heavy (non-hydrogen) atoms. The van der Waals surface area contributed by atoms with E-state index in [0.29, 0.717) is 0 Å². The second kappa shape index (κ2) is 9.76. The van der Waals surface area contributed by atoms with Crippen LogP contribution in [-0.4, -0.2) is 0 Å². The first-order valence-electron chi connectivity index (χ1n) is 7.22. The molecule has 0 heterocycles. The third-order valence-corrected chi connectivity index (χ3v) is 3.11. The molecule has 0 aliphatic heterocycles. The van der Waals surface area contributed by atoms with Gasteiger partial charge in [0.25, 0.3) is 0 Å². The van der Waals surface area contributed by atoms with Crippen LogP contribution in [0.2, 0.25) is 0 Å². The van der Waals surface area contributed by atoms with Gasteiger partial charge in [0.1, 0.15) is 5.75 Å². The molecular weight excluding hydrogens is 220 g/mol. The van der Waals surface area contributed by atoms with Gasteiger partial charge in [0.15, 0.2) is 0 Å². The van der Waals surface area contributed by atoms with Crippen LogP contribution in [0.25, 0.3) is 0 Å². The van der Waals surface area contributed by atoms with Gasteiger partial charge in [0.05, 0.1) is 6.26 Å². The molecular formula is C17H26O. The molecule has 0 spiro atoms. The quantitative estimate of drug-likeness (QED) is 0.405. The van der Waals surface area contributed by atoms with E-state index in [2.05, 4.69) is 26.0 Å². The largest absolute Gasteiger partial charge is 0.465 e. The maximum atomic E-state index is 5.60. The van der Waals surface area contributed by atoms with Gasteiger partial charge in [-0.25, -0.2) is 0 Å². The van der Waals surface area contributed by atoms with Crippen molar-refractivity contribution in [2.24, 2.45) is 0 Å². The van der Waals surface area contributed by atoms with Crippen LogP contribution in [0.15, 0.2) is 36.6 Å². The van der Waals surface area contributed by atoms with E-state index < -0.39 is 0 Å². The normalized spacial score (nSPS) is 11.0. The first-order valence-corrected chi connectivity index (χ1v) is 7.22. The molecule has 0 unspecified atom stereocenters. The SMILES string of the molecule is CCCCCCCC/C=C/Oc1ccccc1C. The summed E-state index contributed by atoms with van der Waals surface area (Å²) in [4.78, 5) is 0. The van der Waals surface area contributed by atoms with E-state index in [0.717, 1.165) is 12.2 Å². The molecule has 100 valence electrons. The average Bonchev–Trinajstić information content (AvgIpc) is 2.39. The minimum absolute atomic E-state index is 0.955. The summed E-state index contributed by atoms with van der Waals surface area (Å²) in [6, 6.07) is 8.10. The summed E-state index contributed by atoms with van der Waals surface area (Å²) in [6.45, 7) is 4.32. The number of benzene rings is 1. The van der Waals surface area contributed by atoms with Crippen LogP contribution < -0.4 is 4.74 Å². The van der Waals surface area contributed by atoms with Crippen molar-refractivity contribution in [1.82, 2.24) is 0 Å². The van der Waals surface area contributed by atoms with Crippen molar-refractivity contribution in [2.75, 3.05) is 0 Å². The summed E-state index contributed by atoms with van der Waals surface area (Å²) < 4.78 is 5.60. The summed E-state index contributed by atoms with van der Waals surface area (Å²) >= 11 is 0. The Morgan fingerprint density at radius 1 is 1.00 bits per heavy atom. The molecule has 0 aliphatic carbocycles. The van der Waals surface area contributed by atoms with Crippen molar-refractivity contribution in [3.63, 3.8) is 0 Å². The molecule has 0 atom stereocenters. The lowest BCUT2D eigenvalue weighted by molar-refractivity contribution is 0.474. The lowest BCUT2D eigenvalue weighted by Crippen LogP contribution is -1.85. The van der Waals surface area contributed by atoms with Gasteiger partial charge in [0.2, 0.25) is 0 Å². The van der Waals surface area contributed by atoms with Crippen molar-refractivity contribution in [3.8, 4) is 5.75 Å². The number of hydrogen-bond donors (Lipinski definition) is 0. The van der Waals surface area contributed by atoms with Gasteiger partial charge in [-0.05, 0) is 37.5 Å². The second-order valence-corrected chi connectivity index (χ2v) is 4.81. The van der Waals surface area contributed by atoms with Crippen LogP contribution in [0.1, 0.15) is 57.4 Å². The molecule has 0 fully saturated rings. The Balaban J connectivity index is 2.06. The lowest BCUT2D eigenvalue weighted by Gasteiger charge is -2.03. The predicted molar refractivity (Wildman–Crippen MR) is 78.9 cm³/mol. The van der Waals surface area contributed by atoms with Crippen molar-refractivity contribution >= 4 is 0 Å². The summed E-state index contributed by atoms with van der Waals surface area (Å²) in [5.74, 6) is 0.955. The Labute approximate surface area is 112 Å². The van der Waals surface area contributed by atoms with Crippen LogP contribution in [-0.2, 0) is 0 Å². The molecule has 0 saturated heterocycles. The van der Waals surface area contributed by atoms with Gasteiger partial charge < -0.3 is 4.74 Å². The van der Waals surface area contributed by atoms with Crippen molar-refractivity contribution in [2.45, 2.75) is 58.8 Å². The fourth-order valence-electron chi connectivity index (χ4n) is 1.92. The molecule has 0 aliphatic rings. The number of allylic oxidation sites excluding steroid dienone is 1. The maximum absolute atomic E-state index is 5.60. The zero-order valence-corrected chi connectivity index (χ0v) is 11.8. The summed E-state index contributed by atoms with van der Waals surface area (Å²) in [5, 5.41) is 0. The van der Waals surface area contributed by atoms with Gasteiger partial charge in [0, 0.05) is 0 Å². The van der Waals surface area contributed by atoms with Gasteiger partial charge in [-0.15, -0.1) is 0 Å². The number of para-hydroxylation sites is 1. The van der Waals surface area contributed by atoms with E-state index >= 15 is 0 Å². The fraction of sp³-hybridized carbons (Fsp3) is 0.529. The Morgan fingerprint density at radius 2 is 1.72 bits per heavy atom. The fourth-order valence-corrected chi connectivity index (χ4v) is 1.92. The van der Waals surface area contributed by atoms with Crippen molar-refractivity contribution < 1.29 is 4.74 Å². The molecule has 0 radical (unpaired) electrons. The Bertz CT molecular complexity index is 341. The number of unbranched alkanes of at least 4 members (excludes halogenated alkanes) is 6. The molecule has 1 rings (SSSR count). The van der Waals surface area contributed by atoms with E-state index in [9.17, 15) is 0 Å². The van der Waals surface area contributed by atoms with Crippen LogP contribution in [0.4, 0.5) is 0 Å². The number of rotatable bonds is 9. The highest BCUT2D eigenvalue weighted by Crippen LogP contribution is 2.16. The summed E-state index contributed by atoms with van der Waals surface area (Å²) in [7, 11) is 0. The average molecular weight is 246 g/mol. The highest BCUT2D eigenvalue weighted by atomic mass is 16.5. The van der Waals surface area contributed by atoms with Gasteiger partial charge >= 0.3 is 0 Å². The van der Waals surface area contributed by atoms with Crippen LogP contribution >= 0.6 is 0 Å². The third-order valence-electron chi connectivity index (χ3n) is 3.11. The standard InChI is InChI=1S/C17H26O/c1-3-4-5-6-7-8-9-12-15-18-17-14-11-10-13-16(17)2/h10-15H,3-9H2,1-2H3/b15-12+. The first kappa shape index (κ1) is 14.8. The monoisotopic (exact) mass is 246 g/mol. The molecule has 0 bridgehead atoms. The van der Waals surface area contributed by atoms with E-state index in [1.54, 1.807) is 0 Å². The van der Waals surface area contributed by atoms with Gasteiger partial charge in [-0.3, -0.25) is 0 Å². The molecule has 1 aromatic rings. The van der Waals surface area contributed by atoms with Crippen LogP contribution in [0.3, 0.4) is 0 Å². The van der Waals surface area contributed by atoms with E-state index in [4.69, 9.17) is 4.74 Å². The van der Waals surface area contributed by atoms with Crippen LogP contribution in [0.5, 0.6) is 5.75 Å². The second-order valence-electron chi connectivity index (χ2n) is 4.81. The molecule has 0 amide bonds. The predicted octanol–water partition coefficient (Wildman–Crippen LogP) is 5.64. The Kier molecular flexibility index (Phi) is 8.03. The van der Waals surface area contributed by atoms with Gasteiger partial charge in [-0.2, -0.15) is 0 Å². The number of aryl methyl sites for hydroxylation is 1. The zero-order chi connectivity index (χ0) is 13.1. The smallest absolute Gasteiger partial charge is 0.129 e. The molecule has 1 nitrogen and oxygen atoms in total. The molecule has 0 N–H and O–H groups in total. The minimum Gasteiger partial charge on any atom is -0.465 e. The Hall–Kier alpha value is -1.24. The number of hydrogen-bond acceptors (Lipinski definition) is 1. The third kappa shape index (κ3) is 6.48. The number of ether oxygens (including phenoxy) is 1. The highest BCUT2D eigenvalue weighted by molar-refractivity contribution is 5.32. The molecule has 1 aromatic carbocycles. The van der Waals surface area contributed by atoms with E-state index in [-0.39, 0.29) is 0 Å². The molecule has 1 heteroatoms. The van der Waals surface area contributed by atoms with Crippen molar-refractivity contribution in [1.29, 1.82) is 0 Å². The van der Waals surface area contributed by atoms with E-state index in [1.807, 2.05) is 24.5 Å². The topological polar surface area (TPSA) is 9.23 Å². The zero-order valence-electron chi connectivity index (χ0n) is 11.8.